The number of nitrogens with zero attached hydrogens (tertiary/aromatic N) is 3. The number of carbonyl (C=O) groups excluding carboxylic acids is 1. The number of amides is 1. The van der Waals surface area contributed by atoms with E-state index in [1.165, 1.54) is 11.8 Å². The Labute approximate surface area is 207 Å². The van der Waals surface area contributed by atoms with E-state index in [4.69, 9.17) is 21.1 Å². The molecular weight excluding hydrogens is 472 g/mol. The average Bonchev–Trinajstić information content (AvgIpc) is 3.27. The Morgan fingerprint density at radius 3 is 2.41 bits per heavy atom. The molecule has 0 atom stereocenters. The molecule has 0 saturated heterocycles. The van der Waals surface area contributed by atoms with Crippen molar-refractivity contribution in [2.75, 3.05) is 25.3 Å². The van der Waals surface area contributed by atoms with Crippen LogP contribution in [0.4, 0.5) is 5.69 Å². The van der Waals surface area contributed by atoms with Crippen molar-refractivity contribution in [3.8, 4) is 28.6 Å². The molecule has 0 aliphatic heterocycles. The monoisotopic (exact) mass is 494 g/mol. The Bertz CT molecular complexity index is 1290. The van der Waals surface area contributed by atoms with Crippen LogP contribution in [0.2, 0.25) is 5.02 Å². The van der Waals surface area contributed by atoms with Gasteiger partial charge in [0, 0.05) is 16.3 Å². The van der Waals surface area contributed by atoms with Crippen molar-refractivity contribution in [1.29, 1.82) is 0 Å². The maximum Gasteiger partial charge on any atom is 0.234 e. The van der Waals surface area contributed by atoms with Gasteiger partial charge in [-0.25, -0.2) is 0 Å². The number of rotatable bonds is 8. The topological polar surface area (TPSA) is 78.3 Å². The largest absolute Gasteiger partial charge is 0.497 e. The van der Waals surface area contributed by atoms with E-state index in [1.54, 1.807) is 26.4 Å². The van der Waals surface area contributed by atoms with E-state index in [2.05, 4.69) is 15.5 Å². The average molecular weight is 495 g/mol. The van der Waals surface area contributed by atoms with Gasteiger partial charge in [-0.05, 0) is 73.2 Å². The van der Waals surface area contributed by atoms with E-state index in [9.17, 15) is 4.79 Å². The summed E-state index contributed by atoms with van der Waals surface area (Å²) < 4.78 is 12.5. The molecule has 0 saturated carbocycles. The molecular formula is C25H23ClN4O3S. The fraction of sp³-hybridized carbons (Fsp3) is 0.160. The second-order valence-corrected chi connectivity index (χ2v) is 8.77. The standard InChI is InChI=1S/C25H23ClN4O3S/c1-16-4-13-22(33-3)21(14-16)27-23(31)15-34-25-29-28-24(17-5-7-18(26)8-6-17)30(25)19-9-11-20(32-2)12-10-19/h4-14H,15H2,1-3H3,(H,27,31). The first-order valence-electron chi connectivity index (χ1n) is 10.4. The van der Waals surface area contributed by atoms with Crippen LogP contribution < -0.4 is 14.8 Å². The number of hydrogen-bond acceptors (Lipinski definition) is 6. The maximum atomic E-state index is 12.7. The highest BCUT2D eigenvalue weighted by molar-refractivity contribution is 7.99. The number of ether oxygens (including phenoxy) is 2. The Morgan fingerprint density at radius 2 is 1.74 bits per heavy atom. The van der Waals surface area contributed by atoms with Crippen molar-refractivity contribution in [2.24, 2.45) is 0 Å². The molecule has 34 heavy (non-hydrogen) atoms. The molecule has 0 unspecified atom stereocenters. The molecule has 1 N–H and O–H groups in total. The van der Waals surface area contributed by atoms with E-state index in [-0.39, 0.29) is 11.7 Å². The summed E-state index contributed by atoms with van der Waals surface area (Å²) >= 11 is 7.36. The molecule has 7 nitrogen and oxygen atoms in total. The lowest BCUT2D eigenvalue weighted by atomic mass is 10.2. The van der Waals surface area contributed by atoms with Crippen LogP contribution in [-0.2, 0) is 4.79 Å². The first kappa shape index (κ1) is 23.7. The zero-order valence-electron chi connectivity index (χ0n) is 18.9. The Kier molecular flexibility index (Phi) is 7.40. The third-order valence-electron chi connectivity index (χ3n) is 5.03. The summed E-state index contributed by atoms with van der Waals surface area (Å²) in [6.45, 7) is 1.96. The van der Waals surface area contributed by atoms with Crippen LogP contribution in [0.15, 0.2) is 71.9 Å². The van der Waals surface area contributed by atoms with Gasteiger partial charge in [0.15, 0.2) is 11.0 Å². The Morgan fingerprint density at radius 1 is 1.00 bits per heavy atom. The Balaban J connectivity index is 1.60. The molecule has 174 valence electrons. The number of halogens is 1. The van der Waals surface area contributed by atoms with Crippen molar-refractivity contribution < 1.29 is 14.3 Å². The van der Waals surface area contributed by atoms with Crippen molar-refractivity contribution in [3.05, 3.63) is 77.3 Å². The number of methoxy groups -OCH3 is 2. The lowest BCUT2D eigenvalue weighted by Gasteiger charge is -2.12. The second kappa shape index (κ2) is 10.6. The van der Waals surface area contributed by atoms with Gasteiger partial charge < -0.3 is 14.8 Å². The highest BCUT2D eigenvalue weighted by atomic mass is 35.5. The van der Waals surface area contributed by atoms with Gasteiger partial charge in [0.1, 0.15) is 11.5 Å². The Hall–Kier alpha value is -3.49. The summed E-state index contributed by atoms with van der Waals surface area (Å²) in [7, 11) is 3.20. The van der Waals surface area contributed by atoms with E-state index < -0.39 is 0 Å². The van der Waals surface area contributed by atoms with Gasteiger partial charge in [-0.15, -0.1) is 10.2 Å². The third-order valence-corrected chi connectivity index (χ3v) is 6.21. The van der Waals surface area contributed by atoms with Gasteiger partial charge in [0.2, 0.25) is 5.91 Å². The molecule has 9 heteroatoms. The summed E-state index contributed by atoms with van der Waals surface area (Å²) in [4.78, 5) is 12.7. The van der Waals surface area contributed by atoms with E-state index in [1.807, 2.05) is 66.1 Å². The van der Waals surface area contributed by atoms with Crippen LogP contribution in [0.1, 0.15) is 5.56 Å². The summed E-state index contributed by atoms with van der Waals surface area (Å²) in [5, 5.41) is 12.9. The number of nitrogens with one attached hydrogen (secondary N) is 1. The maximum absolute atomic E-state index is 12.7. The molecule has 3 aromatic carbocycles. The summed E-state index contributed by atoms with van der Waals surface area (Å²) in [6.07, 6.45) is 0. The summed E-state index contributed by atoms with van der Waals surface area (Å²) in [6, 6.07) is 20.6. The van der Waals surface area contributed by atoms with Gasteiger partial charge in [0.25, 0.3) is 0 Å². The molecule has 0 aliphatic carbocycles. The lowest BCUT2D eigenvalue weighted by Crippen LogP contribution is -2.15. The minimum absolute atomic E-state index is 0.145. The zero-order valence-corrected chi connectivity index (χ0v) is 20.5. The zero-order chi connectivity index (χ0) is 24.1. The van der Waals surface area contributed by atoms with E-state index >= 15 is 0 Å². The minimum Gasteiger partial charge on any atom is -0.497 e. The molecule has 1 amide bonds. The number of benzene rings is 3. The molecule has 0 bridgehead atoms. The van der Waals surface area contributed by atoms with Gasteiger partial charge in [-0.1, -0.05) is 29.4 Å². The molecule has 4 rings (SSSR count). The molecule has 1 aromatic heterocycles. The minimum atomic E-state index is -0.175. The van der Waals surface area contributed by atoms with E-state index in [0.717, 1.165) is 22.6 Å². The molecule has 0 fully saturated rings. The predicted octanol–water partition coefficient (Wildman–Crippen LogP) is 5.64. The van der Waals surface area contributed by atoms with Crippen LogP contribution >= 0.6 is 23.4 Å². The number of aromatic nitrogens is 3. The first-order valence-corrected chi connectivity index (χ1v) is 11.8. The predicted molar refractivity (Wildman–Crippen MR) is 135 cm³/mol. The van der Waals surface area contributed by atoms with Crippen LogP contribution in [0.5, 0.6) is 11.5 Å². The molecule has 4 aromatic rings. The van der Waals surface area contributed by atoms with Crippen LogP contribution in [-0.4, -0.2) is 40.6 Å². The summed E-state index contributed by atoms with van der Waals surface area (Å²) in [5.74, 6) is 1.96. The van der Waals surface area contributed by atoms with Crippen molar-refractivity contribution >= 4 is 35.0 Å². The molecule has 1 heterocycles. The van der Waals surface area contributed by atoms with Gasteiger partial charge >= 0.3 is 0 Å². The van der Waals surface area contributed by atoms with Crippen LogP contribution in [0.3, 0.4) is 0 Å². The van der Waals surface area contributed by atoms with Crippen LogP contribution in [0, 0.1) is 6.92 Å². The fourth-order valence-electron chi connectivity index (χ4n) is 3.35. The molecule has 0 aliphatic rings. The van der Waals surface area contributed by atoms with Gasteiger partial charge in [-0.3, -0.25) is 9.36 Å². The number of anilines is 1. The second-order valence-electron chi connectivity index (χ2n) is 7.39. The quantitative estimate of drug-likeness (QED) is 0.319. The first-order chi connectivity index (χ1) is 16.5. The number of hydrogen-bond donors (Lipinski definition) is 1. The number of thioether (sulfide) groups is 1. The van der Waals surface area contributed by atoms with Crippen LogP contribution in [0.25, 0.3) is 17.1 Å². The summed E-state index contributed by atoms with van der Waals surface area (Å²) in [5.41, 5.74) is 3.36. The van der Waals surface area contributed by atoms with Gasteiger partial charge in [-0.2, -0.15) is 0 Å². The molecule has 0 radical (unpaired) electrons. The van der Waals surface area contributed by atoms with Gasteiger partial charge in [0.05, 0.1) is 25.7 Å². The number of aryl methyl sites for hydroxylation is 1. The lowest BCUT2D eigenvalue weighted by molar-refractivity contribution is -0.113. The third kappa shape index (κ3) is 5.35. The van der Waals surface area contributed by atoms with E-state index in [0.29, 0.717) is 27.4 Å². The SMILES string of the molecule is COc1ccc(-n2c(SCC(=O)Nc3cc(C)ccc3OC)nnc2-c2ccc(Cl)cc2)cc1. The fourth-order valence-corrected chi connectivity index (χ4v) is 4.23. The highest BCUT2D eigenvalue weighted by Gasteiger charge is 2.18. The van der Waals surface area contributed by atoms with Crippen molar-refractivity contribution in [2.45, 2.75) is 12.1 Å². The van der Waals surface area contributed by atoms with Crippen molar-refractivity contribution in [1.82, 2.24) is 14.8 Å². The normalized spacial score (nSPS) is 10.7. The highest BCUT2D eigenvalue weighted by Crippen LogP contribution is 2.30. The van der Waals surface area contributed by atoms with Crippen molar-refractivity contribution in [3.63, 3.8) is 0 Å². The number of carbonyl (C=O) groups is 1. The smallest absolute Gasteiger partial charge is 0.234 e. The molecule has 0 spiro atoms.